The predicted octanol–water partition coefficient (Wildman–Crippen LogP) is 1.08. The van der Waals surface area contributed by atoms with E-state index in [1.165, 1.54) is 5.56 Å². The first-order valence-electron chi connectivity index (χ1n) is 6.57. The molecule has 1 aromatic carbocycles. The molecule has 3 rings (SSSR count). The number of pyridine rings is 1. The Balaban J connectivity index is 1.92. The number of likely N-dealkylation sites (tertiary alicyclic amines) is 1. The van der Waals surface area contributed by atoms with E-state index in [4.69, 9.17) is 0 Å². The molecule has 4 nitrogen and oxygen atoms in total. The maximum Gasteiger partial charge on any atom is 0.0938 e. The Morgan fingerprint density at radius 3 is 2.63 bits per heavy atom. The Kier molecular flexibility index (Phi) is 3.22. The van der Waals surface area contributed by atoms with Gasteiger partial charge in [-0.05, 0) is 24.6 Å². The summed E-state index contributed by atoms with van der Waals surface area (Å²) in [4.78, 5) is 6.60. The average molecular weight is 258 g/mol. The van der Waals surface area contributed by atoms with Crippen molar-refractivity contribution < 1.29 is 10.2 Å². The lowest BCUT2D eigenvalue weighted by molar-refractivity contribution is 0.0572. The summed E-state index contributed by atoms with van der Waals surface area (Å²) in [6.45, 7) is 3.77. The number of para-hydroxylation sites is 1. The summed E-state index contributed by atoms with van der Waals surface area (Å²) < 4.78 is 0. The van der Waals surface area contributed by atoms with Gasteiger partial charge in [0.15, 0.2) is 0 Å². The van der Waals surface area contributed by atoms with Gasteiger partial charge in [-0.1, -0.05) is 18.2 Å². The van der Waals surface area contributed by atoms with Gasteiger partial charge in [-0.15, -0.1) is 0 Å². The van der Waals surface area contributed by atoms with E-state index in [0.29, 0.717) is 13.1 Å². The second-order valence-corrected chi connectivity index (χ2v) is 5.27. The largest absolute Gasteiger partial charge is 0.389 e. The van der Waals surface area contributed by atoms with Crippen LogP contribution in [-0.2, 0) is 6.54 Å². The lowest BCUT2D eigenvalue weighted by Gasteiger charge is -2.16. The molecular formula is C15H18N2O2. The molecular weight excluding hydrogens is 240 g/mol. The number of aromatic nitrogens is 1. The SMILES string of the molecule is Cc1cc(CN2CC(O)C(O)C2)c2ccccc2n1. The van der Waals surface area contributed by atoms with Gasteiger partial charge in [-0.2, -0.15) is 0 Å². The molecule has 19 heavy (non-hydrogen) atoms. The molecule has 2 aromatic rings. The molecule has 2 unspecified atom stereocenters. The number of hydrogen-bond acceptors (Lipinski definition) is 4. The molecule has 0 radical (unpaired) electrons. The van der Waals surface area contributed by atoms with Crippen molar-refractivity contribution in [2.24, 2.45) is 0 Å². The minimum absolute atomic E-state index is 0.525. The van der Waals surface area contributed by atoms with Gasteiger partial charge < -0.3 is 10.2 Å². The van der Waals surface area contributed by atoms with E-state index in [-0.39, 0.29) is 0 Å². The highest BCUT2D eigenvalue weighted by Gasteiger charge is 2.29. The van der Waals surface area contributed by atoms with E-state index < -0.39 is 12.2 Å². The van der Waals surface area contributed by atoms with Crippen LogP contribution < -0.4 is 0 Å². The summed E-state index contributed by atoms with van der Waals surface area (Å²) in [5.74, 6) is 0. The number of fused-ring (bicyclic) bond motifs is 1. The average Bonchev–Trinajstić information content (AvgIpc) is 2.68. The summed E-state index contributed by atoms with van der Waals surface area (Å²) in [5, 5.41) is 20.4. The third-order valence-electron chi connectivity index (χ3n) is 3.66. The molecule has 1 aliphatic rings. The van der Waals surface area contributed by atoms with Crippen LogP contribution in [0.3, 0.4) is 0 Å². The molecule has 1 aliphatic heterocycles. The first kappa shape index (κ1) is 12.5. The van der Waals surface area contributed by atoms with Crippen LogP contribution in [0.1, 0.15) is 11.3 Å². The Labute approximate surface area is 112 Å². The first-order chi connectivity index (χ1) is 9.13. The van der Waals surface area contributed by atoms with Crippen LogP contribution in [-0.4, -0.2) is 45.4 Å². The number of aryl methyl sites for hydroxylation is 1. The van der Waals surface area contributed by atoms with Gasteiger partial charge in [0.25, 0.3) is 0 Å². The van der Waals surface area contributed by atoms with E-state index in [9.17, 15) is 10.2 Å². The highest BCUT2D eigenvalue weighted by molar-refractivity contribution is 5.82. The molecule has 0 aliphatic carbocycles. The van der Waals surface area contributed by atoms with Crippen molar-refractivity contribution in [2.45, 2.75) is 25.7 Å². The quantitative estimate of drug-likeness (QED) is 0.846. The zero-order chi connectivity index (χ0) is 13.4. The van der Waals surface area contributed by atoms with Crippen LogP contribution in [0.25, 0.3) is 10.9 Å². The van der Waals surface area contributed by atoms with Gasteiger partial charge >= 0.3 is 0 Å². The minimum Gasteiger partial charge on any atom is -0.389 e. The number of hydrogen-bond donors (Lipinski definition) is 2. The van der Waals surface area contributed by atoms with Crippen molar-refractivity contribution in [1.29, 1.82) is 0 Å². The molecule has 2 atom stereocenters. The maximum atomic E-state index is 9.61. The summed E-state index contributed by atoms with van der Waals surface area (Å²) in [6.07, 6.45) is -1.26. The number of rotatable bonds is 2. The lowest BCUT2D eigenvalue weighted by atomic mass is 10.1. The highest BCUT2D eigenvalue weighted by atomic mass is 16.3. The van der Waals surface area contributed by atoms with Crippen molar-refractivity contribution in [3.05, 3.63) is 41.6 Å². The summed E-state index contributed by atoms with van der Waals surface area (Å²) in [6, 6.07) is 10.2. The van der Waals surface area contributed by atoms with Crippen LogP contribution in [0.15, 0.2) is 30.3 Å². The molecule has 2 N–H and O–H groups in total. The second-order valence-electron chi connectivity index (χ2n) is 5.27. The van der Waals surface area contributed by atoms with Crippen molar-refractivity contribution in [1.82, 2.24) is 9.88 Å². The van der Waals surface area contributed by atoms with Gasteiger partial charge in [0.05, 0.1) is 17.7 Å². The van der Waals surface area contributed by atoms with Gasteiger partial charge in [0.1, 0.15) is 0 Å². The highest BCUT2D eigenvalue weighted by Crippen LogP contribution is 2.21. The summed E-state index contributed by atoms with van der Waals surface area (Å²) in [5.41, 5.74) is 3.19. The second kappa shape index (κ2) is 4.89. The van der Waals surface area contributed by atoms with E-state index in [1.54, 1.807) is 0 Å². The monoisotopic (exact) mass is 258 g/mol. The van der Waals surface area contributed by atoms with E-state index in [1.807, 2.05) is 25.1 Å². The number of aliphatic hydroxyl groups excluding tert-OH is 2. The van der Waals surface area contributed by atoms with Crippen molar-refractivity contribution >= 4 is 10.9 Å². The van der Waals surface area contributed by atoms with Crippen molar-refractivity contribution in [3.8, 4) is 0 Å². The zero-order valence-electron chi connectivity index (χ0n) is 11.0. The first-order valence-corrected chi connectivity index (χ1v) is 6.57. The minimum atomic E-state index is -0.630. The van der Waals surface area contributed by atoms with E-state index in [0.717, 1.165) is 23.1 Å². The van der Waals surface area contributed by atoms with Gasteiger partial charge in [0, 0.05) is 30.7 Å². The molecule has 0 saturated carbocycles. The zero-order valence-corrected chi connectivity index (χ0v) is 11.0. The van der Waals surface area contributed by atoms with Crippen molar-refractivity contribution in [2.75, 3.05) is 13.1 Å². The van der Waals surface area contributed by atoms with Gasteiger partial charge in [-0.25, -0.2) is 0 Å². The molecule has 1 fully saturated rings. The fourth-order valence-electron chi connectivity index (χ4n) is 2.74. The van der Waals surface area contributed by atoms with Crippen LogP contribution in [0.5, 0.6) is 0 Å². The van der Waals surface area contributed by atoms with Crippen LogP contribution >= 0.6 is 0 Å². The molecule has 0 bridgehead atoms. The number of benzene rings is 1. The third kappa shape index (κ3) is 2.47. The van der Waals surface area contributed by atoms with E-state index in [2.05, 4.69) is 22.0 Å². The number of aliphatic hydroxyl groups is 2. The van der Waals surface area contributed by atoms with E-state index >= 15 is 0 Å². The van der Waals surface area contributed by atoms with Crippen LogP contribution in [0, 0.1) is 6.92 Å². The predicted molar refractivity (Wildman–Crippen MR) is 73.8 cm³/mol. The maximum absolute atomic E-state index is 9.61. The summed E-state index contributed by atoms with van der Waals surface area (Å²) in [7, 11) is 0. The number of nitrogens with zero attached hydrogens (tertiary/aromatic N) is 2. The van der Waals surface area contributed by atoms with Crippen LogP contribution in [0.2, 0.25) is 0 Å². The standard InChI is InChI=1S/C15H18N2O2/c1-10-6-11(7-17-8-14(18)15(19)9-17)12-4-2-3-5-13(12)16-10/h2-6,14-15,18-19H,7-9H2,1H3. The Hall–Kier alpha value is -1.49. The molecule has 2 heterocycles. The Bertz CT molecular complexity index is 590. The number of β-amino-alcohol motifs (C(OH)–C–C–N with tert-alkyl or cyclic N) is 2. The smallest absolute Gasteiger partial charge is 0.0938 e. The van der Waals surface area contributed by atoms with Gasteiger partial charge in [0.2, 0.25) is 0 Å². The van der Waals surface area contributed by atoms with Crippen molar-refractivity contribution in [3.63, 3.8) is 0 Å². The normalized spacial score (nSPS) is 24.2. The third-order valence-corrected chi connectivity index (χ3v) is 3.66. The summed E-state index contributed by atoms with van der Waals surface area (Å²) >= 11 is 0. The molecule has 0 spiro atoms. The van der Waals surface area contributed by atoms with Gasteiger partial charge in [-0.3, -0.25) is 9.88 Å². The van der Waals surface area contributed by atoms with Crippen LogP contribution in [0.4, 0.5) is 0 Å². The Morgan fingerprint density at radius 2 is 1.89 bits per heavy atom. The fourth-order valence-corrected chi connectivity index (χ4v) is 2.74. The molecule has 1 aromatic heterocycles. The molecule has 4 heteroatoms. The molecule has 1 saturated heterocycles. The molecule has 0 amide bonds. The Morgan fingerprint density at radius 1 is 1.21 bits per heavy atom. The molecule has 100 valence electrons. The topological polar surface area (TPSA) is 56.6 Å². The fraction of sp³-hybridized carbons (Fsp3) is 0.400. The lowest BCUT2D eigenvalue weighted by Crippen LogP contribution is -2.22.